The molecule has 0 radical (unpaired) electrons. The van der Waals surface area contributed by atoms with Crippen molar-refractivity contribution >= 4 is 23.5 Å². The summed E-state index contributed by atoms with van der Waals surface area (Å²) in [4.78, 5) is 43.9. The summed E-state index contributed by atoms with van der Waals surface area (Å²) in [6.07, 6.45) is 8.06. The average Bonchev–Trinajstić information content (AvgIpc) is 2.92. The molecule has 0 bridgehead atoms. The van der Waals surface area contributed by atoms with Crippen molar-refractivity contribution in [2.75, 3.05) is 31.9 Å². The fourth-order valence-corrected chi connectivity index (χ4v) is 5.31. The lowest BCUT2D eigenvalue weighted by Gasteiger charge is -2.33. The van der Waals surface area contributed by atoms with Gasteiger partial charge >= 0.3 is 5.97 Å². The van der Waals surface area contributed by atoms with E-state index in [-0.39, 0.29) is 24.2 Å². The van der Waals surface area contributed by atoms with Crippen LogP contribution in [0.25, 0.3) is 11.1 Å². The van der Waals surface area contributed by atoms with E-state index >= 15 is 0 Å². The molecule has 2 aliphatic rings. The number of carboxylic acids is 1. The van der Waals surface area contributed by atoms with Gasteiger partial charge in [0.15, 0.2) is 0 Å². The largest absolute Gasteiger partial charge is 0.481 e. The molecule has 4 rings (SSSR count). The van der Waals surface area contributed by atoms with E-state index in [1.807, 2.05) is 29.2 Å². The van der Waals surface area contributed by atoms with Crippen molar-refractivity contribution in [3.05, 3.63) is 48.3 Å². The Kier molecular flexibility index (Phi) is 9.11. The lowest BCUT2D eigenvalue weighted by Crippen LogP contribution is -2.46. The SMILES string of the molecule is Nc1cccc(-c2cncc(C(CC(=O)O)NC(=O)C3CCCN(C(=O)CCC4CCNCC4)C3)c2)c1. The number of carbonyl (C=O) groups excluding carboxylic acids is 2. The third-order valence-electron chi connectivity index (χ3n) is 7.45. The smallest absolute Gasteiger partial charge is 0.305 e. The minimum atomic E-state index is -1.02. The van der Waals surface area contributed by atoms with Gasteiger partial charge < -0.3 is 26.4 Å². The molecule has 0 aliphatic carbocycles. The van der Waals surface area contributed by atoms with E-state index in [0.29, 0.717) is 43.1 Å². The number of pyridine rings is 1. The third-order valence-corrected chi connectivity index (χ3v) is 7.45. The van der Waals surface area contributed by atoms with E-state index in [9.17, 15) is 19.5 Å². The Balaban J connectivity index is 1.40. The van der Waals surface area contributed by atoms with Gasteiger partial charge in [0.2, 0.25) is 11.8 Å². The molecule has 2 amide bonds. The molecule has 198 valence electrons. The average molecular weight is 508 g/mol. The summed E-state index contributed by atoms with van der Waals surface area (Å²) >= 11 is 0. The molecule has 2 saturated heterocycles. The number of rotatable bonds is 9. The standard InChI is InChI=1S/C28H37N5O4/c29-24-5-1-3-20(14-24)22-13-23(17-31-16-22)25(15-27(35)36)32-28(37)21-4-2-12-33(18-21)26(34)7-6-19-8-10-30-11-9-19/h1,3,5,13-14,16-17,19,21,25,30H,2,4,6-12,15,18,29H2,(H,32,37)(H,35,36). The number of nitrogen functional groups attached to an aromatic ring is 1. The van der Waals surface area contributed by atoms with Gasteiger partial charge in [-0.25, -0.2) is 0 Å². The van der Waals surface area contributed by atoms with Crippen LogP contribution < -0.4 is 16.4 Å². The van der Waals surface area contributed by atoms with E-state index < -0.39 is 12.0 Å². The summed E-state index contributed by atoms with van der Waals surface area (Å²) in [6, 6.07) is 8.47. The van der Waals surface area contributed by atoms with Gasteiger partial charge in [0.1, 0.15) is 0 Å². The van der Waals surface area contributed by atoms with Crippen molar-refractivity contribution in [3.63, 3.8) is 0 Å². The molecule has 9 heteroatoms. The monoisotopic (exact) mass is 507 g/mol. The van der Waals surface area contributed by atoms with Crippen LogP contribution in [0, 0.1) is 11.8 Å². The molecule has 1 aromatic carbocycles. The number of nitrogens with one attached hydrogen (secondary N) is 2. The van der Waals surface area contributed by atoms with Gasteiger partial charge in [-0.05, 0) is 80.4 Å². The number of aromatic nitrogens is 1. The maximum Gasteiger partial charge on any atom is 0.305 e. The maximum absolute atomic E-state index is 13.3. The van der Waals surface area contributed by atoms with Crippen molar-refractivity contribution in [2.24, 2.45) is 11.8 Å². The first-order valence-electron chi connectivity index (χ1n) is 13.2. The van der Waals surface area contributed by atoms with Gasteiger partial charge in [-0.2, -0.15) is 0 Å². The highest BCUT2D eigenvalue weighted by Crippen LogP contribution is 2.27. The molecule has 9 nitrogen and oxygen atoms in total. The van der Waals surface area contributed by atoms with E-state index in [2.05, 4.69) is 15.6 Å². The molecule has 2 unspecified atom stereocenters. The molecule has 3 heterocycles. The number of nitrogens with zero attached hydrogens (tertiary/aromatic N) is 2. The Bertz CT molecular complexity index is 1100. The molecule has 1 aromatic heterocycles. The predicted molar refractivity (Wildman–Crippen MR) is 141 cm³/mol. The predicted octanol–water partition coefficient (Wildman–Crippen LogP) is 2.98. The molecular formula is C28H37N5O4. The van der Waals surface area contributed by atoms with Crippen LogP contribution in [0.5, 0.6) is 0 Å². The zero-order valence-corrected chi connectivity index (χ0v) is 21.2. The van der Waals surface area contributed by atoms with E-state index in [0.717, 1.165) is 49.9 Å². The van der Waals surface area contributed by atoms with Gasteiger partial charge in [-0.3, -0.25) is 19.4 Å². The second kappa shape index (κ2) is 12.7. The number of carbonyl (C=O) groups is 3. The number of carboxylic acid groups (broad SMARTS) is 1. The van der Waals surface area contributed by atoms with Crippen molar-refractivity contribution in [3.8, 4) is 11.1 Å². The number of benzene rings is 1. The summed E-state index contributed by atoms with van der Waals surface area (Å²) < 4.78 is 0. The Morgan fingerprint density at radius 2 is 1.95 bits per heavy atom. The fourth-order valence-electron chi connectivity index (χ4n) is 5.31. The van der Waals surface area contributed by atoms with Crippen molar-refractivity contribution in [2.45, 2.75) is 51.0 Å². The first kappa shape index (κ1) is 26.6. The van der Waals surface area contributed by atoms with Crippen LogP contribution in [0.4, 0.5) is 5.69 Å². The van der Waals surface area contributed by atoms with Crippen molar-refractivity contribution in [1.82, 2.24) is 20.5 Å². The molecule has 0 saturated carbocycles. The third kappa shape index (κ3) is 7.52. The Morgan fingerprint density at radius 1 is 1.14 bits per heavy atom. The number of anilines is 1. The van der Waals surface area contributed by atoms with Gasteiger partial charge in [0, 0.05) is 43.2 Å². The summed E-state index contributed by atoms with van der Waals surface area (Å²) in [6.45, 7) is 3.07. The molecule has 2 aliphatic heterocycles. The topological polar surface area (TPSA) is 138 Å². The van der Waals surface area contributed by atoms with Crippen LogP contribution in [-0.4, -0.2) is 59.0 Å². The summed E-state index contributed by atoms with van der Waals surface area (Å²) in [5.74, 6) is -0.910. The van der Waals surface area contributed by atoms with E-state index in [1.54, 1.807) is 18.5 Å². The van der Waals surface area contributed by atoms with Crippen LogP contribution in [0.2, 0.25) is 0 Å². The summed E-state index contributed by atoms with van der Waals surface area (Å²) in [5, 5.41) is 15.8. The van der Waals surface area contributed by atoms with Gasteiger partial charge in [0.05, 0.1) is 18.4 Å². The highest BCUT2D eigenvalue weighted by Gasteiger charge is 2.30. The van der Waals surface area contributed by atoms with Crippen LogP contribution in [0.15, 0.2) is 42.7 Å². The Labute approximate surface area is 217 Å². The number of nitrogens with two attached hydrogens (primary N) is 1. The normalized spacial score (nSPS) is 19.2. The lowest BCUT2D eigenvalue weighted by molar-refractivity contribution is -0.138. The highest BCUT2D eigenvalue weighted by atomic mass is 16.4. The van der Waals surface area contributed by atoms with Crippen LogP contribution in [0.3, 0.4) is 0 Å². The highest BCUT2D eigenvalue weighted by molar-refractivity contribution is 5.82. The molecule has 37 heavy (non-hydrogen) atoms. The first-order chi connectivity index (χ1) is 17.9. The number of piperidine rings is 2. The number of hydrogen-bond donors (Lipinski definition) is 4. The van der Waals surface area contributed by atoms with Crippen LogP contribution in [0.1, 0.15) is 56.6 Å². The van der Waals surface area contributed by atoms with Crippen LogP contribution in [-0.2, 0) is 14.4 Å². The van der Waals surface area contributed by atoms with Crippen molar-refractivity contribution in [1.29, 1.82) is 0 Å². The number of likely N-dealkylation sites (tertiary alicyclic amines) is 1. The molecule has 2 fully saturated rings. The maximum atomic E-state index is 13.3. The quantitative estimate of drug-likeness (QED) is 0.383. The summed E-state index contributed by atoms with van der Waals surface area (Å²) in [7, 11) is 0. The molecule has 2 aromatic rings. The molecule has 0 spiro atoms. The Hall–Kier alpha value is -3.46. The zero-order valence-electron chi connectivity index (χ0n) is 21.2. The van der Waals surface area contributed by atoms with Crippen molar-refractivity contribution < 1.29 is 19.5 Å². The minimum Gasteiger partial charge on any atom is -0.481 e. The fraction of sp³-hybridized carbons (Fsp3) is 0.500. The molecule has 2 atom stereocenters. The van der Waals surface area contributed by atoms with E-state index in [1.165, 1.54) is 0 Å². The Morgan fingerprint density at radius 3 is 2.70 bits per heavy atom. The molecular weight excluding hydrogens is 470 g/mol. The van der Waals surface area contributed by atoms with Crippen LogP contribution >= 0.6 is 0 Å². The number of aliphatic carboxylic acids is 1. The van der Waals surface area contributed by atoms with Gasteiger partial charge in [-0.1, -0.05) is 12.1 Å². The molecule has 5 N–H and O–H groups in total. The second-order valence-electron chi connectivity index (χ2n) is 10.2. The number of amides is 2. The lowest BCUT2D eigenvalue weighted by atomic mass is 9.92. The second-order valence-corrected chi connectivity index (χ2v) is 10.2. The summed E-state index contributed by atoms with van der Waals surface area (Å²) in [5.41, 5.74) is 8.79. The van der Waals surface area contributed by atoms with Gasteiger partial charge in [-0.15, -0.1) is 0 Å². The number of hydrogen-bond acceptors (Lipinski definition) is 6. The zero-order chi connectivity index (χ0) is 26.2. The minimum absolute atomic E-state index is 0.108. The van der Waals surface area contributed by atoms with E-state index in [4.69, 9.17) is 5.73 Å². The first-order valence-corrected chi connectivity index (χ1v) is 13.2. The van der Waals surface area contributed by atoms with Gasteiger partial charge in [0.25, 0.3) is 0 Å².